The van der Waals surface area contributed by atoms with Crippen LogP contribution in [0.15, 0.2) is 72.9 Å². The molecule has 4 rings (SSSR count). The number of aryl methyl sites for hydroxylation is 1. The molecule has 4 nitrogen and oxygen atoms in total. The fraction of sp³-hybridized carbons (Fsp3) is 0.217. The summed E-state index contributed by atoms with van der Waals surface area (Å²) >= 11 is 0. The number of rotatable bonds is 3. The molecule has 1 aromatic heterocycles. The molecule has 0 saturated carbocycles. The molecule has 1 aliphatic heterocycles. The molecule has 1 aliphatic rings. The maximum absolute atomic E-state index is 12.9. The second-order valence-electron chi connectivity index (χ2n) is 6.94. The molecule has 3 aromatic rings. The number of hydrogen-bond donors (Lipinski definition) is 1. The Morgan fingerprint density at radius 2 is 1.89 bits per heavy atom. The van der Waals surface area contributed by atoms with Crippen LogP contribution >= 0.6 is 0 Å². The number of aromatic nitrogens is 1. The molecule has 0 aliphatic carbocycles. The average Bonchev–Trinajstić information content (AvgIpc) is 3.21. The van der Waals surface area contributed by atoms with Gasteiger partial charge in [-0.3, -0.25) is 4.98 Å². The van der Waals surface area contributed by atoms with Crippen LogP contribution in [0.5, 0.6) is 0 Å². The maximum atomic E-state index is 12.9. The number of benzene rings is 2. The molecule has 2 aromatic carbocycles. The highest BCUT2D eigenvalue weighted by Crippen LogP contribution is 2.32. The van der Waals surface area contributed by atoms with Crippen molar-refractivity contribution in [2.24, 2.45) is 0 Å². The Bertz CT molecular complexity index is 925. The third kappa shape index (κ3) is 3.70. The van der Waals surface area contributed by atoms with E-state index in [1.165, 1.54) is 5.56 Å². The van der Waals surface area contributed by atoms with Gasteiger partial charge in [0.2, 0.25) is 0 Å². The van der Waals surface area contributed by atoms with Gasteiger partial charge in [0.1, 0.15) is 0 Å². The molecular formula is C23H23N3O. The Kier molecular flexibility index (Phi) is 4.88. The van der Waals surface area contributed by atoms with E-state index in [2.05, 4.69) is 29.4 Å². The summed E-state index contributed by atoms with van der Waals surface area (Å²) in [6.45, 7) is 2.84. The number of amides is 2. The van der Waals surface area contributed by atoms with Crippen LogP contribution in [0, 0.1) is 6.92 Å². The van der Waals surface area contributed by atoms with Crippen LogP contribution in [0.1, 0.15) is 30.0 Å². The molecule has 4 heteroatoms. The molecule has 2 heterocycles. The molecule has 0 unspecified atom stereocenters. The van der Waals surface area contributed by atoms with Gasteiger partial charge in [0.25, 0.3) is 0 Å². The van der Waals surface area contributed by atoms with Crippen molar-refractivity contribution < 1.29 is 4.79 Å². The lowest BCUT2D eigenvalue weighted by Gasteiger charge is -2.25. The second-order valence-corrected chi connectivity index (χ2v) is 6.94. The summed E-state index contributed by atoms with van der Waals surface area (Å²) in [5.41, 5.74) is 5.08. The molecular weight excluding hydrogens is 334 g/mol. The molecule has 1 atom stereocenters. The minimum atomic E-state index is -0.0443. The number of carbonyl (C=O) groups is 1. The highest BCUT2D eigenvalue weighted by atomic mass is 16.2. The van der Waals surface area contributed by atoms with Crippen molar-refractivity contribution in [1.29, 1.82) is 0 Å². The molecule has 27 heavy (non-hydrogen) atoms. The van der Waals surface area contributed by atoms with E-state index in [-0.39, 0.29) is 12.1 Å². The fourth-order valence-electron chi connectivity index (χ4n) is 3.72. The van der Waals surface area contributed by atoms with Gasteiger partial charge in [0.15, 0.2) is 0 Å². The number of hydrogen-bond acceptors (Lipinski definition) is 2. The molecule has 2 amide bonds. The number of nitrogens with one attached hydrogen (secondary N) is 1. The monoisotopic (exact) mass is 357 g/mol. The number of pyridine rings is 1. The van der Waals surface area contributed by atoms with Gasteiger partial charge in [0, 0.05) is 24.0 Å². The summed E-state index contributed by atoms with van der Waals surface area (Å²) in [5, 5.41) is 3.08. The lowest BCUT2D eigenvalue weighted by molar-refractivity contribution is 0.207. The van der Waals surface area contributed by atoms with E-state index in [1.807, 2.05) is 59.5 Å². The van der Waals surface area contributed by atoms with Crippen molar-refractivity contribution in [3.8, 4) is 11.3 Å². The van der Waals surface area contributed by atoms with Crippen LogP contribution < -0.4 is 5.32 Å². The van der Waals surface area contributed by atoms with Gasteiger partial charge < -0.3 is 10.2 Å². The standard InChI is InChI=1S/C23H23N3O/c1-17-12-13-19(16-20(17)21-10-5-6-14-24-21)25-23(27)26-15-7-11-22(26)18-8-3-2-4-9-18/h2-6,8-10,12-14,16,22H,7,11,15H2,1H3,(H,25,27)/t22-/m0/s1. The number of likely N-dealkylation sites (tertiary alicyclic amines) is 1. The van der Waals surface area contributed by atoms with Crippen LogP contribution in [0.25, 0.3) is 11.3 Å². The number of nitrogens with zero attached hydrogens (tertiary/aromatic N) is 2. The minimum absolute atomic E-state index is 0.0443. The zero-order chi connectivity index (χ0) is 18.6. The fourth-order valence-corrected chi connectivity index (χ4v) is 3.72. The molecule has 0 bridgehead atoms. The van der Waals surface area contributed by atoms with Gasteiger partial charge in [-0.05, 0) is 55.2 Å². The number of anilines is 1. The van der Waals surface area contributed by atoms with Gasteiger partial charge >= 0.3 is 6.03 Å². The Balaban J connectivity index is 1.55. The van der Waals surface area contributed by atoms with E-state index in [0.717, 1.165) is 41.9 Å². The average molecular weight is 357 g/mol. The van der Waals surface area contributed by atoms with E-state index in [9.17, 15) is 4.79 Å². The molecule has 1 N–H and O–H groups in total. The van der Waals surface area contributed by atoms with Crippen molar-refractivity contribution >= 4 is 11.7 Å². The molecule has 0 spiro atoms. The predicted molar refractivity (Wildman–Crippen MR) is 109 cm³/mol. The summed E-state index contributed by atoms with van der Waals surface area (Å²) in [6.07, 6.45) is 3.82. The van der Waals surface area contributed by atoms with E-state index in [4.69, 9.17) is 0 Å². The Morgan fingerprint density at radius 3 is 2.67 bits per heavy atom. The summed E-state index contributed by atoms with van der Waals surface area (Å²) in [4.78, 5) is 19.3. The Labute approximate surface area is 159 Å². The van der Waals surface area contributed by atoms with E-state index in [0.29, 0.717) is 0 Å². The van der Waals surface area contributed by atoms with Crippen LogP contribution in [0.4, 0.5) is 10.5 Å². The second kappa shape index (κ2) is 7.62. The minimum Gasteiger partial charge on any atom is -0.317 e. The van der Waals surface area contributed by atoms with Gasteiger partial charge in [-0.25, -0.2) is 4.79 Å². The summed E-state index contributed by atoms with van der Waals surface area (Å²) in [7, 11) is 0. The van der Waals surface area contributed by atoms with E-state index >= 15 is 0 Å². The lowest BCUT2D eigenvalue weighted by Crippen LogP contribution is -2.34. The maximum Gasteiger partial charge on any atom is 0.322 e. The highest BCUT2D eigenvalue weighted by molar-refractivity contribution is 5.90. The normalized spacial score (nSPS) is 16.3. The molecule has 1 fully saturated rings. The van der Waals surface area contributed by atoms with Gasteiger partial charge in [-0.1, -0.05) is 42.5 Å². The first kappa shape index (κ1) is 17.3. The van der Waals surface area contributed by atoms with E-state index in [1.54, 1.807) is 6.20 Å². The molecule has 1 saturated heterocycles. The van der Waals surface area contributed by atoms with Crippen LogP contribution in [-0.4, -0.2) is 22.5 Å². The Morgan fingerprint density at radius 1 is 1.07 bits per heavy atom. The molecule has 0 radical (unpaired) electrons. The molecule has 136 valence electrons. The topological polar surface area (TPSA) is 45.2 Å². The number of urea groups is 1. The van der Waals surface area contributed by atoms with Crippen LogP contribution in [0.3, 0.4) is 0 Å². The van der Waals surface area contributed by atoms with Crippen molar-refractivity contribution in [3.05, 3.63) is 84.1 Å². The van der Waals surface area contributed by atoms with Gasteiger partial charge in [0.05, 0.1) is 11.7 Å². The third-order valence-electron chi connectivity index (χ3n) is 5.13. The van der Waals surface area contributed by atoms with Gasteiger partial charge in [-0.2, -0.15) is 0 Å². The zero-order valence-electron chi connectivity index (χ0n) is 15.4. The lowest BCUT2D eigenvalue weighted by atomic mass is 10.0. The van der Waals surface area contributed by atoms with Crippen molar-refractivity contribution in [2.45, 2.75) is 25.8 Å². The largest absolute Gasteiger partial charge is 0.322 e. The first-order valence-corrected chi connectivity index (χ1v) is 9.37. The van der Waals surface area contributed by atoms with Crippen LogP contribution in [-0.2, 0) is 0 Å². The third-order valence-corrected chi connectivity index (χ3v) is 5.13. The van der Waals surface area contributed by atoms with Crippen molar-refractivity contribution in [2.75, 3.05) is 11.9 Å². The highest BCUT2D eigenvalue weighted by Gasteiger charge is 2.29. The Hall–Kier alpha value is -3.14. The summed E-state index contributed by atoms with van der Waals surface area (Å²) in [5.74, 6) is 0. The smallest absolute Gasteiger partial charge is 0.317 e. The van der Waals surface area contributed by atoms with Crippen molar-refractivity contribution in [1.82, 2.24) is 9.88 Å². The quantitative estimate of drug-likeness (QED) is 0.680. The SMILES string of the molecule is Cc1ccc(NC(=O)N2CCC[C@H]2c2ccccc2)cc1-c1ccccn1. The van der Waals surface area contributed by atoms with Crippen molar-refractivity contribution in [3.63, 3.8) is 0 Å². The summed E-state index contributed by atoms with van der Waals surface area (Å²) in [6, 6.07) is 22.2. The summed E-state index contributed by atoms with van der Waals surface area (Å²) < 4.78 is 0. The number of carbonyl (C=O) groups excluding carboxylic acids is 1. The van der Waals surface area contributed by atoms with Crippen LogP contribution in [0.2, 0.25) is 0 Å². The first-order chi connectivity index (χ1) is 13.2. The van der Waals surface area contributed by atoms with E-state index < -0.39 is 0 Å². The van der Waals surface area contributed by atoms with Gasteiger partial charge in [-0.15, -0.1) is 0 Å². The first-order valence-electron chi connectivity index (χ1n) is 9.37. The zero-order valence-corrected chi connectivity index (χ0v) is 15.4. The predicted octanol–water partition coefficient (Wildman–Crippen LogP) is 5.43.